The predicted molar refractivity (Wildman–Crippen MR) is 332 cm³/mol. The highest BCUT2D eigenvalue weighted by Gasteiger charge is 2.32. The Kier molecular flexibility index (Phi) is 57.3. The minimum absolute atomic E-state index is 0.102. The molecule has 0 aromatic carbocycles. The number of hydrogen-bond acceptors (Lipinski definition) is 6. The molecule has 0 spiro atoms. The summed E-state index contributed by atoms with van der Waals surface area (Å²) in [6.07, 6.45) is 58.4. The van der Waals surface area contributed by atoms with Crippen LogP contribution in [0, 0.1) is 5.92 Å². The van der Waals surface area contributed by atoms with Crippen LogP contribution >= 0.6 is 0 Å². The number of unbranched alkanes of at least 4 members (excludes halogenated alkanes) is 40. The van der Waals surface area contributed by atoms with E-state index >= 15 is 0 Å². The van der Waals surface area contributed by atoms with Gasteiger partial charge in [-0.05, 0) is 45.4 Å². The van der Waals surface area contributed by atoms with Crippen molar-refractivity contribution in [3.8, 4) is 0 Å². The Morgan fingerprint density at radius 3 is 0.974 bits per heavy atom. The highest BCUT2D eigenvalue weighted by Crippen LogP contribution is 2.21. The third-order valence-corrected chi connectivity index (χ3v) is 15.8. The van der Waals surface area contributed by atoms with Crippen molar-refractivity contribution >= 4 is 17.8 Å². The maximum atomic E-state index is 13.0. The molecule has 10 nitrogen and oxygen atoms in total. The number of ether oxygens (including phenoxy) is 3. The summed E-state index contributed by atoms with van der Waals surface area (Å²) in [4.78, 5) is 38.6. The smallest absolute Gasteiger partial charge is 0.315 e. The number of carbonyl (C=O) groups is 3. The monoisotopic (exact) mass is 1090 g/mol. The largest absolute Gasteiger partial charge is 0.378 e. The topological polar surface area (TPSA) is 127 Å². The third-order valence-electron chi connectivity index (χ3n) is 15.8. The molecule has 0 bridgehead atoms. The second-order valence-corrected chi connectivity index (χ2v) is 24.2. The van der Waals surface area contributed by atoms with Gasteiger partial charge < -0.3 is 35.5 Å². The molecule has 0 saturated carbocycles. The van der Waals surface area contributed by atoms with E-state index in [0.29, 0.717) is 64.6 Å². The molecular weight excluding hydrogens is 957 g/mol. The first-order valence-electron chi connectivity index (χ1n) is 34.0. The van der Waals surface area contributed by atoms with Gasteiger partial charge in [0.05, 0.1) is 38.5 Å². The van der Waals surface area contributed by atoms with Crippen molar-refractivity contribution in [1.29, 1.82) is 0 Å². The predicted octanol–water partition coefficient (Wildman–Crippen LogP) is 19.4. The molecule has 0 rings (SSSR count). The van der Waals surface area contributed by atoms with Gasteiger partial charge in [-0.15, -0.1) is 0 Å². The first-order chi connectivity index (χ1) is 37.6. The SMILES string of the molecule is CCCCCCCCCCCCCCCCCC(=O)CC(C)COCC(CC)(COCC(C)NC(=O)NCCCCCCCCCCCCCCCC)OCC(C)NC(=O)NCCCCCCCCCCCCCCCC. The molecule has 0 aromatic heterocycles. The van der Waals surface area contributed by atoms with E-state index in [4.69, 9.17) is 14.2 Å². The Morgan fingerprint density at radius 2 is 0.649 bits per heavy atom. The summed E-state index contributed by atoms with van der Waals surface area (Å²) in [7, 11) is 0. The quantitative estimate of drug-likeness (QED) is 0.0449. The van der Waals surface area contributed by atoms with Crippen LogP contribution in [0.1, 0.15) is 344 Å². The molecule has 0 aromatic rings. The van der Waals surface area contributed by atoms with Gasteiger partial charge in [-0.2, -0.15) is 0 Å². The van der Waals surface area contributed by atoms with Gasteiger partial charge in [0.15, 0.2) is 0 Å². The number of hydrogen-bond donors (Lipinski definition) is 4. The van der Waals surface area contributed by atoms with Gasteiger partial charge in [-0.25, -0.2) is 9.59 Å². The minimum atomic E-state index is -0.756. The van der Waals surface area contributed by atoms with E-state index in [1.54, 1.807) is 0 Å². The zero-order valence-electron chi connectivity index (χ0n) is 52.7. The lowest BCUT2D eigenvalue weighted by atomic mass is 10.00. The van der Waals surface area contributed by atoms with Crippen molar-refractivity contribution in [2.75, 3.05) is 46.1 Å². The van der Waals surface area contributed by atoms with Crippen molar-refractivity contribution in [1.82, 2.24) is 21.3 Å². The lowest BCUT2D eigenvalue weighted by Crippen LogP contribution is -2.49. The highest BCUT2D eigenvalue weighted by molar-refractivity contribution is 5.78. The van der Waals surface area contributed by atoms with Crippen LogP contribution in [0.4, 0.5) is 9.59 Å². The van der Waals surface area contributed by atoms with Gasteiger partial charge in [0.2, 0.25) is 0 Å². The van der Waals surface area contributed by atoms with E-state index in [0.717, 1.165) is 38.5 Å². The average molecular weight is 1090 g/mol. The number of ketones is 1. The summed E-state index contributed by atoms with van der Waals surface area (Å²) in [5.74, 6) is 0.426. The lowest BCUT2D eigenvalue weighted by molar-refractivity contribution is -0.145. The van der Waals surface area contributed by atoms with Crippen LogP contribution in [-0.4, -0.2) is 81.7 Å². The number of Topliss-reactive ketones (excluding diaryl/α,β-unsaturated/α-hetero) is 1. The van der Waals surface area contributed by atoms with Gasteiger partial charge in [0.25, 0.3) is 0 Å². The Morgan fingerprint density at radius 1 is 0.364 bits per heavy atom. The molecule has 10 heteroatoms. The van der Waals surface area contributed by atoms with Gasteiger partial charge >= 0.3 is 12.1 Å². The fourth-order valence-electron chi connectivity index (χ4n) is 10.5. The van der Waals surface area contributed by atoms with Crippen molar-refractivity contribution < 1.29 is 28.6 Å². The molecule has 0 fully saturated rings. The molecule has 4 N–H and O–H groups in total. The fraction of sp³-hybridized carbons (Fsp3) is 0.955. The van der Waals surface area contributed by atoms with Gasteiger partial charge in [0.1, 0.15) is 11.4 Å². The molecule has 458 valence electrons. The standard InChI is InChI=1S/C67H134N4O6/c1-8-12-15-18-21-24-27-30-33-34-37-40-43-46-49-52-64(72)55-61(5)56-75-59-67(11-4,77-58-63(7)71-66(74)69-54-51-48-45-42-39-36-32-29-26-23-20-17-14-10-3)60-76-57-62(6)70-65(73)68-53-50-47-44-41-38-35-31-28-25-22-19-16-13-9-2/h61-63H,8-60H2,1-7H3,(H2,68,70,73)(H2,69,71,74). The van der Waals surface area contributed by atoms with E-state index in [2.05, 4.69) is 55.9 Å². The zero-order chi connectivity index (χ0) is 56.4. The third kappa shape index (κ3) is 54.5. The second kappa shape index (κ2) is 58.7. The normalized spacial score (nSPS) is 13.5. The maximum Gasteiger partial charge on any atom is 0.315 e. The summed E-state index contributed by atoms with van der Waals surface area (Å²) in [6, 6.07) is -0.752. The highest BCUT2D eigenvalue weighted by atomic mass is 16.6. The van der Waals surface area contributed by atoms with Crippen LogP contribution in [0.2, 0.25) is 0 Å². The van der Waals surface area contributed by atoms with E-state index in [9.17, 15) is 14.4 Å². The first kappa shape index (κ1) is 75.1. The molecule has 4 atom stereocenters. The number of amides is 4. The van der Waals surface area contributed by atoms with Gasteiger partial charge in [-0.1, -0.05) is 291 Å². The van der Waals surface area contributed by atoms with Crippen LogP contribution < -0.4 is 21.3 Å². The number of nitrogens with one attached hydrogen (secondary N) is 4. The van der Waals surface area contributed by atoms with E-state index < -0.39 is 5.60 Å². The maximum absolute atomic E-state index is 13.0. The van der Waals surface area contributed by atoms with Crippen LogP contribution in [0.5, 0.6) is 0 Å². The summed E-state index contributed by atoms with van der Waals surface area (Å²) >= 11 is 0. The van der Waals surface area contributed by atoms with Crippen LogP contribution in [-0.2, 0) is 19.0 Å². The molecular formula is C67H134N4O6. The second-order valence-electron chi connectivity index (χ2n) is 24.2. The molecule has 0 aliphatic heterocycles. The van der Waals surface area contributed by atoms with E-state index in [1.165, 1.54) is 238 Å². The Balaban J connectivity index is 4.73. The van der Waals surface area contributed by atoms with Crippen molar-refractivity contribution in [3.63, 3.8) is 0 Å². The van der Waals surface area contributed by atoms with Crippen molar-refractivity contribution in [2.24, 2.45) is 5.92 Å². The molecule has 4 amide bonds. The summed E-state index contributed by atoms with van der Waals surface area (Å²) < 4.78 is 19.2. The van der Waals surface area contributed by atoms with Crippen molar-refractivity contribution in [2.45, 2.75) is 362 Å². The lowest BCUT2D eigenvalue weighted by Gasteiger charge is -2.34. The zero-order valence-corrected chi connectivity index (χ0v) is 52.7. The Hall–Kier alpha value is -1.91. The van der Waals surface area contributed by atoms with Crippen molar-refractivity contribution in [3.05, 3.63) is 0 Å². The Bertz CT molecular complexity index is 1190. The molecule has 0 heterocycles. The summed E-state index contributed by atoms with van der Waals surface area (Å²) in [5.41, 5.74) is -0.756. The van der Waals surface area contributed by atoms with Gasteiger partial charge in [0, 0.05) is 32.5 Å². The van der Waals surface area contributed by atoms with E-state index in [1.807, 2.05) is 13.8 Å². The van der Waals surface area contributed by atoms with Crippen LogP contribution in [0.25, 0.3) is 0 Å². The van der Waals surface area contributed by atoms with Crippen LogP contribution in [0.3, 0.4) is 0 Å². The molecule has 0 saturated heterocycles. The Labute approximate surface area is 479 Å². The number of rotatable bonds is 62. The average Bonchev–Trinajstić information content (AvgIpc) is 3.41. The molecule has 0 radical (unpaired) electrons. The minimum Gasteiger partial charge on any atom is -0.378 e. The van der Waals surface area contributed by atoms with Gasteiger partial charge in [-0.3, -0.25) is 4.79 Å². The summed E-state index contributed by atoms with van der Waals surface area (Å²) in [5, 5.41) is 12.2. The number of carbonyl (C=O) groups excluding carboxylic acids is 3. The summed E-state index contributed by atoms with van der Waals surface area (Å²) in [6.45, 7) is 17.9. The molecule has 0 aliphatic rings. The molecule has 77 heavy (non-hydrogen) atoms. The van der Waals surface area contributed by atoms with Crippen LogP contribution in [0.15, 0.2) is 0 Å². The first-order valence-corrected chi connectivity index (χ1v) is 34.0. The molecule has 0 aliphatic carbocycles. The van der Waals surface area contributed by atoms with E-state index in [-0.39, 0.29) is 36.7 Å². The molecule has 4 unspecified atom stereocenters. The fourth-order valence-corrected chi connectivity index (χ4v) is 10.5. The number of urea groups is 2.